The number of hydrogen-bond donors (Lipinski definition) is 1. The summed E-state index contributed by atoms with van der Waals surface area (Å²) in [6.07, 6.45) is -4.76. The third-order valence-electron chi connectivity index (χ3n) is 1.99. The highest BCUT2D eigenvalue weighted by Gasteiger charge is 2.30. The molecule has 1 N–H and O–H groups in total. The fraction of sp³-hybridized carbons (Fsp3) is 0.400. The molecule has 0 saturated heterocycles. The molecule has 0 radical (unpaired) electrons. The lowest BCUT2D eigenvalue weighted by atomic mass is 10.0. The van der Waals surface area contributed by atoms with E-state index in [1.54, 1.807) is 6.92 Å². The normalized spacial score (nSPS) is 14.1. The van der Waals surface area contributed by atoms with E-state index in [1.165, 1.54) is 12.1 Å². The van der Waals surface area contributed by atoms with E-state index in [4.69, 9.17) is 0 Å². The monoisotopic (exact) mass is 204 g/mol. The quantitative estimate of drug-likeness (QED) is 0.784. The number of aliphatic hydroxyl groups is 1. The molecule has 0 aliphatic carbocycles. The standard InChI is InChI=1S/C10H11F3O/c1-2-9(14)7-4-3-5-8(6-7)10(11,12)13/h3-6,9,14H,2H2,1H3/t9-/m1/s1. The molecular weight excluding hydrogens is 193 g/mol. The van der Waals surface area contributed by atoms with Crippen molar-refractivity contribution in [3.63, 3.8) is 0 Å². The van der Waals surface area contributed by atoms with Crippen LogP contribution < -0.4 is 0 Å². The highest BCUT2D eigenvalue weighted by atomic mass is 19.4. The molecule has 0 amide bonds. The second-order valence-corrected chi connectivity index (χ2v) is 3.05. The lowest BCUT2D eigenvalue weighted by Crippen LogP contribution is -2.06. The molecule has 0 spiro atoms. The molecule has 0 unspecified atom stereocenters. The van der Waals surface area contributed by atoms with Crippen LogP contribution in [0.2, 0.25) is 0 Å². The minimum absolute atomic E-state index is 0.308. The van der Waals surface area contributed by atoms with E-state index in [-0.39, 0.29) is 0 Å². The summed E-state index contributed by atoms with van der Waals surface area (Å²) >= 11 is 0. The number of benzene rings is 1. The van der Waals surface area contributed by atoms with E-state index < -0.39 is 17.8 Å². The van der Waals surface area contributed by atoms with Gasteiger partial charge in [0.2, 0.25) is 0 Å². The average Bonchev–Trinajstić information content (AvgIpc) is 2.15. The first-order chi connectivity index (χ1) is 6.45. The zero-order valence-electron chi connectivity index (χ0n) is 7.67. The molecule has 0 aliphatic heterocycles. The molecule has 78 valence electrons. The first-order valence-corrected chi connectivity index (χ1v) is 4.30. The van der Waals surface area contributed by atoms with Gasteiger partial charge in [0.05, 0.1) is 11.7 Å². The Bertz CT molecular complexity index is 306. The molecule has 0 saturated carbocycles. The Balaban J connectivity index is 3.01. The number of alkyl halides is 3. The predicted octanol–water partition coefficient (Wildman–Crippen LogP) is 3.15. The van der Waals surface area contributed by atoms with Gasteiger partial charge in [0.25, 0.3) is 0 Å². The topological polar surface area (TPSA) is 20.2 Å². The Morgan fingerprint density at radius 2 is 2.00 bits per heavy atom. The summed E-state index contributed by atoms with van der Waals surface area (Å²) in [6, 6.07) is 4.76. The van der Waals surface area contributed by atoms with Crippen molar-refractivity contribution in [2.75, 3.05) is 0 Å². The lowest BCUT2D eigenvalue weighted by molar-refractivity contribution is -0.137. The van der Waals surface area contributed by atoms with Crippen molar-refractivity contribution < 1.29 is 18.3 Å². The molecule has 1 rings (SSSR count). The van der Waals surface area contributed by atoms with Crippen LogP contribution in [0.25, 0.3) is 0 Å². The lowest BCUT2D eigenvalue weighted by Gasteiger charge is -2.11. The Morgan fingerprint density at radius 1 is 1.36 bits per heavy atom. The van der Waals surface area contributed by atoms with E-state index in [0.29, 0.717) is 12.0 Å². The van der Waals surface area contributed by atoms with Crippen LogP contribution in [0, 0.1) is 0 Å². The van der Waals surface area contributed by atoms with E-state index in [2.05, 4.69) is 0 Å². The Morgan fingerprint density at radius 3 is 2.50 bits per heavy atom. The molecule has 0 fully saturated rings. The molecule has 0 bridgehead atoms. The molecule has 1 aromatic rings. The van der Waals surface area contributed by atoms with Crippen LogP contribution in [0.1, 0.15) is 30.6 Å². The number of halogens is 3. The van der Waals surface area contributed by atoms with Gasteiger partial charge in [-0.3, -0.25) is 0 Å². The van der Waals surface area contributed by atoms with Gasteiger partial charge in [0.15, 0.2) is 0 Å². The zero-order chi connectivity index (χ0) is 10.8. The third kappa shape index (κ3) is 2.48. The summed E-state index contributed by atoms with van der Waals surface area (Å²) in [5, 5.41) is 9.35. The fourth-order valence-electron chi connectivity index (χ4n) is 1.16. The van der Waals surface area contributed by atoms with E-state index in [9.17, 15) is 18.3 Å². The minimum Gasteiger partial charge on any atom is -0.388 e. The van der Waals surface area contributed by atoms with Crippen molar-refractivity contribution >= 4 is 0 Å². The van der Waals surface area contributed by atoms with Crippen LogP contribution in [0.4, 0.5) is 13.2 Å². The summed E-state index contributed by atoms with van der Waals surface area (Å²) < 4.78 is 36.8. The summed E-state index contributed by atoms with van der Waals surface area (Å²) in [4.78, 5) is 0. The molecule has 1 aromatic carbocycles. The van der Waals surface area contributed by atoms with Crippen LogP contribution in [0.5, 0.6) is 0 Å². The molecule has 14 heavy (non-hydrogen) atoms. The maximum absolute atomic E-state index is 12.3. The number of rotatable bonds is 2. The van der Waals surface area contributed by atoms with Crippen molar-refractivity contribution in [3.05, 3.63) is 35.4 Å². The van der Waals surface area contributed by atoms with Gasteiger partial charge in [-0.15, -0.1) is 0 Å². The second-order valence-electron chi connectivity index (χ2n) is 3.05. The van der Waals surface area contributed by atoms with Crippen LogP contribution in [-0.2, 0) is 6.18 Å². The largest absolute Gasteiger partial charge is 0.416 e. The van der Waals surface area contributed by atoms with Gasteiger partial charge in [0.1, 0.15) is 0 Å². The third-order valence-corrected chi connectivity index (χ3v) is 1.99. The fourth-order valence-corrected chi connectivity index (χ4v) is 1.16. The van der Waals surface area contributed by atoms with Crippen molar-refractivity contribution in [2.24, 2.45) is 0 Å². The smallest absolute Gasteiger partial charge is 0.388 e. The first kappa shape index (κ1) is 11.0. The highest BCUT2D eigenvalue weighted by Crippen LogP contribution is 2.31. The summed E-state index contributed by atoms with van der Waals surface area (Å²) in [6.45, 7) is 1.71. The van der Waals surface area contributed by atoms with Crippen LogP contribution in [0.15, 0.2) is 24.3 Å². The van der Waals surface area contributed by atoms with Crippen LogP contribution >= 0.6 is 0 Å². The Labute approximate surface area is 80.2 Å². The van der Waals surface area contributed by atoms with Crippen molar-refractivity contribution in [2.45, 2.75) is 25.6 Å². The van der Waals surface area contributed by atoms with E-state index >= 15 is 0 Å². The Hall–Kier alpha value is -1.03. The number of aliphatic hydroxyl groups excluding tert-OH is 1. The van der Waals surface area contributed by atoms with Gasteiger partial charge in [-0.1, -0.05) is 19.1 Å². The van der Waals surface area contributed by atoms with Crippen molar-refractivity contribution in [3.8, 4) is 0 Å². The highest BCUT2D eigenvalue weighted by molar-refractivity contribution is 5.27. The molecule has 1 atom stereocenters. The van der Waals surface area contributed by atoms with Gasteiger partial charge in [0, 0.05) is 0 Å². The van der Waals surface area contributed by atoms with Gasteiger partial charge in [-0.2, -0.15) is 13.2 Å². The summed E-state index contributed by atoms with van der Waals surface area (Å²) in [5.41, 5.74) is -0.412. The van der Waals surface area contributed by atoms with Crippen LogP contribution in [0.3, 0.4) is 0 Å². The molecule has 4 heteroatoms. The molecule has 0 heterocycles. The maximum atomic E-state index is 12.3. The van der Waals surface area contributed by atoms with Crippen LogP contribution in [-0.4, -0.2) is 5.11 Å². The zero-order valence-corrected chi connectivity index (χ0v) is 7.67. The van der Waals surface area contributed by atoms with Crippen molar-refractivity contribution in [1.82, 2.24) is 0 Å². The summed E-state index contributed by atoms with van der Waals surface area (Å²) in [7, 11) is 0. The number of hydrogen-bond acceptors (Lipinski definition) is 1. The first-order valence-electron chi connectivity index (χ1n) is 4.30. The maximum Gasteiger partial charge on any atom is 0.416 e. The van der Waals surface area contributed by atoms with Gasteiger partial charge < -0.3 is 5.11 Å². The second kappa shape index (κ2) is 4.00. The van der Waals surface area contributed by atoms with Gasteiger partial charge >= 0.3 is 6.18 Å². The SMILES string of the molecule is CC[C@@H](O)c1cccc(C(F)(F)F)c1. The van der Waals surface area contributed by atoms with Crippen molar-refractivity contribution in [1.29, 1.82) is 0 Å². The Kier molecular flexibility index (Phi) is 3.16. The molecule has 1 nitrogen and oxygen atoms in total. The average molecular weight is 204 g/mol. The van der Waals surface area contributed by atoms with Gasteiger partial charge in [-0.05, 0) is 24.1 Å². The summed E-state index contributed by atoms with van der Waals surface area (Å²) in [5.74, 6) is 0. The molecule has 0 aromatic heterocycles. The molecular formula is C10H11F3O. The minimum atomic E-state index is -4.34. The predicted molar refractivity (Wildman–Crippen MR) is 46.7 cm³/mol. The van der Waals surface area contributed by atoms with E-state index in [0.717, 1.165) is 12.1 Å². The van der Waals surface area contributed by atoms with Gasteiger partial charge in [-0.25, -0.2) is 0 Å². The molecule has 0 aliphatic rings. The van der Waals surface area contributed by atoms with E-state index in [1.807, 2.05) is 0 Å².